The minimum atomic E-state index is -0.962. The Morgan fingerprint density at radius 1 is 1.16 bits per heavy atom. The van der Waals surface area contributed by atoms with Crippen LogP contribution >= 0.6 is 15.9 Å². The van der Waals surface area contributed by atoms with Crippen LogP contribution in [0.2, 0.25) is 0 Å². The summed E-state index contributed by atoms with van der Waals surface area (Å²) in [6.07, 6.45) is 0. The Kier molecular flexibility index (Phi) is 3.80. The minimum Gasteiger partial charge on any atom is -0.396 e. The van der Waals surface area contributed by atoms with E-state index < -0.39 is 17.5 Å². The molecule has 0 aromatic heterocycles. The normalized spacial score (nSPS) is 10.3. The van der Waals surface area contributed by atoms with Gasteiger partial charge in [0.25, 0.3) is 5.91 Å². The van der Waals surface area contributed by atoms with Crippen LogP contribution in [0.3, 0.4) is 0 Å². The maximum absolute atomic E-state index is 13.5. The van der Waals surface area contributed by atoms with E-state index in [-0.39, 0.29) is 11.3 Å². The van der Waals surface area contributed by atoms with E-state index in [4.69, 9.17) is 5.73 Å². The monoisotopic (exact) mass is 326 g/mol. The molecular weight excluding hydrogens is 318 g/mol. The number of rotatable bonds is 2. The van der Waals surface area contributed by atoms with E-state index in [0.717, 1.165) is 6.07 Å². The van der Waals surface area contributed by atoms with Crippen molar-refractivity contribution in [1.29, 1.82) is 0 Å². The molecule has 98 valence electrons. The van der Waals surface area contributed by atoms with Gasteiger partial charge in [-0.25, -0.2) is 8.78 Å². The lowest BCUT2D eigenvalue weighted by Crippen LogP contribution is -2.15. The van der Waals surface area contributed by atoms with Crippen molar-refractivity contribution in [3.63, 3.8) is 0 Å². The van der Waals surface area contributed by atoms with Gasteiger partial charge in [0.15, 0.2) is 0 Å². The Bertz CT molecular complexity index is 647. The van der Waals surface area contributed by atoms with Crippen molar-refractivity contribution in [3.05, 3.63) is 58.1 Å². The summed E-state index contributed by atoms with van der Waals surface area (Å²) in [5.74, 6) is -2.55. The molecule has 2 rings (SSSR count). The molecule has 3 N–H and O–H groups in total. The number of carbonyl (C=O) groups excluding carboxylic acids is 1. The first kappa shape index (κ1) is 13.5. The number of halogens is 3. The third-order valence-corrected chi connectivity index (χ3v) is 3.14. The van der Waals surface area contributed by atoms with Gasteiger partial charge in [-0.2, -0.15) is 0 Å². The number of anilines is 2. The molecule has 0 unspecified atom stereocenters. The number of hydrogen-bond donors (Lipinski definition) is 2. The van der Waals surface area contributed by atoms with Gasteiger partial charge in [-0.05, 0) is 34.1 Å². The van der Waals surface area contributed by atoms with Gasteiger partial charge < -0.3 is 11.1 Å². The molecule has 0 spiro atoms. The smallest absolute Gasteiger partial charge is 0.258 e. The average molecular weight is 327 g/mol. The summed E-state index contributed by atoms with van der Waals surface area (Å²) in [4.78, 5) is 11.9. The van der Waals surface area contributed by atoms with Crippen LogP contribution < -0.4 is 11.1 Å². The topological polar surface area (TPSA) is 55.1 Å². The molecule has 0 aliphatic heterocycles. The summed E-state index contributed by atoms with van der Waals surface area (Å²) in [6.45, 7) is 0. The Morgan fingerprint density at radius 2 is 1.84 bits per heavy atom. The zero-order valence-corrected chi connectivity index (χ0v) is 11.2. The fourth-order valence-electron chi connectivity index (χ4n) is 1.49. The molecule has 0 radical (unpaired) electrons. The largest absolute Gasteiger partial charge is 0.396 e. The van der Waals surface area contributed by atoms with Gasteiger partial charge in [-0.1, -0.05) is 12.1 Å². The highest BCUT2D eigenvalue weighted by atomic mass is 79.9. The molecule has 6 heteroatoms. The number of para-hydroxylation sites is 1. The molecule has 1 amide bonds. The van der Waals surface area contributed by atoms with E-state index in [1.165, 1.54) is 0 Å². The molecule has 0 aliphatic carbocycles. The van der Waals surface area contributed by atoms with Crippen LogP contribution in [0.15, 0.2) is 40.9 Å². The fourth-order valence-corrected chi connectivity index (χ4v) is 1.88. The number of benzene rings is 2. The molecule has 19 heavy (non-hydrogen) atoms. The van der Waals surface area contributed by atoms with E-state index in [9.17, 15) is 13.6 Å². The highest BCUT2D eigenvalue weighted by Crippen LogP contribution is 2.23. The summed E-state index contributed by atoms with van der Waals surface area (Å²) >= 11 is 3.25. The van der Waals surface area contributed by atoms with Crippen molar-refractivity contribution in [2.45, 2.75) is 0 Å². The number of nitrogen functional groups attached to an aromatic ring is 1. The highest BCUT2D eigenvalue weighted by molar-refractivity contribution is 9.10. The third kappa shape index (κ3) is 2.90. The lowest BCUT2D eigenvalue weighted by atomic mass is 10.1. The van der Waals surface area contributed by atoms with Gasteiger partial charge in [0.2, 0.25) is 0 Å². The van der Waals surface area contributed by atoms with Crippen molar-refractivity contribution in [2.24, 2.45) is 0 Å². The predicted molar refractivity (Wildman–Crippen MR) is 72.9 cm³/mol. The van der Waals surface area contributed by atoms with E-state index in [1.54, 1.807) is 24.3 Å². The van der Waals surface area contributed by atoms with E-state index in [1.807, 2.05) is 0 Å². The van der Waals surface area contributed by atoms with Crippen LogP contribution in [0.1, 0.15) is 10.4 Å². The second-order valence-electron chi connectivity index (χ2n) is 3.79. The average Bonchev–Trinajstić information content (AvgIpc) is 2.36. The van der Waals surface area contributed by atoms with Crippen molar-refractivity contribution in [3.8, 4) is 0 Å². The minimum absolute atomic E-state index is 0.279. The Hall–Kier alpha value is -1.95. The van der Waals surface area contributed by atoms with E-state index >= 15 is 0 Å². The summed E-state index contributed by atoms with van der Waals surface area (Å²) in [7, 11) is 0. The van der Waals surface area contributed by atoms with Crippen LogP contribution in [-0.4, -0.2) is 5.91 Å². The van der Waals surface area contributed by atoms with Crippen molar-refractivity contribution in [2.75, 3.05) is 11.1 Å². The maximum atomic E-state index is 13.5. The van der Waals surface area contributed by atoms with Gasteiger partial charge in [-0.3, -0.25) is 4.79 Å². The number of carbonyl (C=O) groups is 1. The van der Waals surface area contributed by atoms with Gasteiger partial charge in [0.05, 0.1) is 16.9 Å². The van der Waals surface area contributed by atoms with Gasteiger partial charge in [0.1, 0.15) is 11.6 Å². The Balaban J connectivity index is 2.31. The van der Waals surface area contributed by atoms with Crippen molar-refractivity contribution < 1.29 is 13.6 Å². The van der Waals surface area contributed by atoms with Crippen molar-refractivity contribution >= 4 is 33.2 Å². The zero-order chi connectivity index (χ0) is 14.0. The van der Waals surface area contributed by atoms with Gasteiger partial charge in [0, 0.05) is 10.5 Å². The molecule has 3 nitrogen and oxygen atoms in total. The SMILES string of the molecule is Nc1cc(C(=O)Nc2ccccc2Br)c(F)cc1F. The predicted octanol–water partition coefficient (Wildman–Crippen LogP) is 3.56. The standard InChI is InChI=1S/C13H9BrF2N2O/c14-8-3-1-2-4-12(8)18-13(19)7-5-11(17)10(16)6-9(7)15/h1-6H,17H2,(H,18,19). The third-order valence-electron chi connectivity index (χ3n) is 2.45. The quantitative estimate of drug-likeness (QED) is 0.829. The van der Waals surface area contributed by atoms with Crippen LogP contribution in [0.25, 0.3) is 0 Å². The van der Waals surface area contributed by atoms with Crippen molar-refractivity contribution in [1.82, 2.24) is 0 Å². The van der Waals surface area contributed by atoms with Gasteiger partial charge in [-0.15, -0.1) is 0 Å². The first-order valence-corrected chi connectivity index (χ1v) is 6.08. The molecule has 2 aromatic carbocycles. The van der Waals surface area contributed by atoms with Crippen LogP contribution in [0.4, 0.5) is 20.2 Å². The second kappa shape index (κ2) is 5.36. The molecular formula is C13H9BrF2N2O. The second-order valence-corrected chi connectivity index (χ2v) is 4.64. The highest BCUT2D eigenvalue weighted by Gasteiger charge is 2.15. The van der Waals surface area contributed by atoms with E-state index in [0.29, 0.717) is 16.2 Å². The van der Waals surface area contributed by atoms with Crippen LogP contribution in [0.5, 0.6) is 0 Å². The Labute approximate surface area is 116 Å². The number of nitrogens with one attached hydrogen (secondary N) is 1. The molecule has 0 saturated carbocycles. The summed E-state index contributed by atoms with van der Waals surface area (Å²) < 4.78 is 27.2. The molecule has 0 saturated heterocycles. The van der Waals surface area contributed by atoms with Crippen LogP contribution in [0, 0.1) is 11.6 Å². The zero-order valence-electron chi connectivity index (χ0n) is 9.58. The number of amides is 1. The van der Waals surface area contributed by atoms with E-state index in [2.05, 4.69) is 21.2 Å². The molecule has 0 fully saturated rings. The molecule has 0 bridgehead atoms. The molecule has 0 heterocycles. The number of nitrogens with two attached hydrogens (primary N) is 1. The molecule has 0 aliphatic rings. The number of hydrogen-bond acceptors (Lipinski definition) is 2. The fraction of sp³-hybridized carbons (Fsp3) is 0. The first-order chi connectivity index (χ1) is 8.99. The Morgan fingerprint density at radius 3 is 2.53 bits per heavy atom. The summed E-state index contributed by atoms with van der Waals surface area (Å²) in [5, 5.41) is 2.51. The lowest BCUT2D eigenvalue weighted by Gasteiger charge is -2.08. The molecule has 0 atom stereocenters. The summed E-state index contributed by atoms with van der Waals surface area (Å²) in [6, 6.07) is 8.42. The van der Waals surface area contributed by atoms with Gasteiger partial charge >= 0.3 is 0 Å². The molecule has 2 aromatic rings. The first-order valence-electron chi connectivity index (χ1n) is 5.29. The summed E-state index contributed by atoms with van der Waals surface area (Å²) in [5.41, 5.74) is 5.21. The maximum Gasteiger partial charge on any atom is 0.258 e. The lowest BCUT2D eigenvalue weighted by molar-refractivity contribution is 0.102. The van der Waals surface area contributed by atoms with Crippen LogP contribution in [-0.2, 0) is 0 Å².